The topological polar surface area (TPSA) is 143 Å². The van der Waals surface area contributed by atoms with Crippen LogP contribution < -0.4 is 16.1 Å². The minimum absolute atomic E-state index is 0.171. The first-order chi connectivity index (χ1) is 20.9. The highest BCUT2D eigenvalue weighted by atomic mass is 32.1. The largest absolute Gasteiger partial charge is 0.445 e. The summed E-state index contributed by atoms with van der Waals surface area (Å²) in [4.78, 5) is 59.2. The van der Waals surface area contributed by atoms with Gasteiger partial charge in [-0.25, -0.2) is 14.8 Å². The molecule has 2 aromatic heterocycles. The van der Waals surface area contributed by atoms with Gasteiger partial charge in [0.1, 0.15) is 24.0 Å². The fraction of sp³-hybridized carbons (Fsp3) is 0.290. The van der Waals surface area contributed by atoms with Crippen LogP contribution in [0.15, 0.2) is 72.1 Å². The number of para-hydroxylation sites is 1. The zero-order valence-electron chi connectivity index (χ0n) is 23.6. The summed E-state index contributed by atoms with van der Waals surface area (Å²) in [7, 11) is 0. The molecule has 222 valence electrons. The van der Waals surface area contributed by atoms with E-state index in [-0.39, 0.29) is 30.5 Å². The number of thiazole rings is 1. The van der Waals surface area contributed by atoms with E-state index in [9.17, 15) is 19.2 Å². The highest BCUT2D eigenvalue weighted by molar-refractivity contribution is 7.09. The van der Waals surface area contributed by atoms with Gasteiger partial charge >= 0.3 is 6.09 Å². The standard InChI is InChI=1S/C31H32N6O5S/c1-20(17-32-31(41)42-18-21-7-3-2-4-8-21)11-14-27-34-26(19-43-27)29(39)36-37-16-15-25(30(37)40)35-28(38)24-13-12-22-9-5-6-10-23(22)33-24/h2-10,12-13,19-20,25H,11,14-18H2,1H3,(H,32,41)(H,35,38)(H,36,39)/t20?,25-/m1/s1. The summed E-state index contributed by atoms with van der Waals surface area (Å²) in [5.74, 6) is -1.17. The van der Waals surface area contributed by atoms with Gasteiger partial charge in [-0.15, -0.1) is 11.3 Å². The summed E-state index contributed by atoms with van der Waals surface area (Å²) < 4.78 is 5.24. The number of aromatic nitrogens is 2. The molecular formula is C31H32N6O5S. The lowest BCUT2D eigenvalue weighted by molar-refractivity contribution is -0.131. The molecular weight excluding hydrogens is 568 g/mol. The van der Waals surface area contributed by atoms with E-state index in [0.29, 0.717) is 24.9 Å². The molecule has 0 saturated carbocycles. The fourth-order valence-electron chi connectivity index (χ4n) is 4.56. The Morgan fingerprint density at radius 2 is 1.79 bits per heavy atom. The van der Waals surface area contributed by atoms with Gasteiger partial charge in [0.2, 0.25) is 0 Å². The number of nitrogens with zero attached hydrogens (tertiary/aromatic N) is 3. The zero-order valence-corrected chi connectivity index (χ0v) is 24.4. The number of nitrogens with one attached hydrogen (secondary N) is 3. The van der Waals surface area contributed by atoms with Crippen molar-refractivity contribution in [1.29, 1.82) is 0 Å². The van der Waals surface area contributed by atoms with Crippen molar-refractivity contribution in [1.82, 2.24) is 31.0 Å². The zero-order chi connectivity index (χ0) is 30.2. The summed E-state index contributed by atoms with van der Waals surface area (Å²) >= 11 is 1.36. The molecule has 12 heteroatoms. The van der Waals surface area contributed by atoms with Crippen molar-refractivity contribution in [2.45, 2.75) is 38.8 Å². The predicted molar refractivity (Wildman–Crippen MR) is 161 cm³/mol. The highest BCUT2D eigenvalue weighted by Crippen LogP contribution is 2.17. The predicted octanol–water partition coefficient (Wildman–Crippen LogP) is 3.86. The third kappa shape index (κ3) is 7.92. The number of benzene rings is 2. The lowest BCUT2D eigenvalue weighted by atomic mass is 10.1. The van der Waals surface area contributed by atoms with Crippen molar-refractivity contribution >= 4 is 46.1 Å². The molecule has 5 rings (SSSR count). The van der Waals surface area contributed by atoms with Gasteiger partial charge in [-0.05, 0) is 42.9 Å². The van der Waals surface area contributed by atoms with Gasteiger partial charge < -0.3 is 15.4 Å². The second kappa shape index (κ2) is 13.9. The number of hydrazine groups is 1. The third-order valence-corrected chi connectivity index (χ3v) is 7.93. The number of hydrogen-bond acceptors (Lipinski definition) is 8. The summed E-state index contributed by atoms with van der Waals surface area (Å²) in [5, 5.41) is 10.1. The average molecular weight is 601 g/mol. The molecule has 11 nitrogen and oxygen atoms in total. The van der Waals surface area contributed by atoms with Gasteiger partial charge in [0.05, 0.1) is 10.5 Å². The summed E-state index contributed by atoms with van der Waals surface area (Å²) in [6.07, 6.45) is 1.28. The Bertz CT molecular complexity index is 1610. The molecule has 2 atom stereocenters. The number of rotatable bonds is 11. The van der Waals surface area contributed by atoms with Crippen LogP contribution in [-0.4, -0.2) is 57.9 Å². The van der Waals surface area contributed by atoms with E-state index >= 15 is 0 Å². The second-order valence-corrected chi connectivity index (χ2v) is 11.3. The maximum Gasteiger partial charge on any atom is 0.407 e. The average Bonchev–Trinajstić information content (AvgIpc) is 3.65. The number of carbonyl (C=O) groups is 4. The molecule has 1 unspecified atom stereocenters. The van der Waals surface area contributed by atoms with Crippen molar-refractivity contribution in [2.24, 2.45) is 5.92 Å². The van der Waals surface area contributed by atoms with Gasteiger partial charge in [0, 0.05) is 23.9 Å². The first kappa shape index (κ1) is 29.6. The van der Waals surface area contributed by atoms with Crippen LogP contribution in [0.5, 0.6) is 0 Å². The van der Waals surface area contributed by atoms with E-state index in [4.69, 9.17) is 4.74 Å². The Morgan fingerprint density at radius 3 is 2.63 bits per heavy atom. The van der Waals surface area contributed by atoms with E-state index in [1.54, 1.807) is 11.4 Å². The molecule has 3 N–H and O–H groups in total. The first-order valence-electron chi connectivity index (χ1n) is 14.0. The molecule has 43 heavy (non-hydrogen) atoms. The van der Waals surface area contributed by atoms with Crippen molar-refractivity contribution < 1.29 is 23.9 Å². The number of fused-ring (bicyclic) bond motifs is 1. The van der Waals surface area contributed by atoms with Gasteiger partial charge in [-0.1, -0.05) is 61.5 Å². The molecule has 1 aliphatic heterocycles. The lowest BCUT2D eigenvalue weighted by Gasteiger charge is -2.17. The van der Waals surface area contributed by atoms with Crippen molar-refractivity contribution in [2.75, 3.05) is 13.1 Å². The van der Waals surface area contributed by atoms with E-state index in [1.807, 2.05) is 67.6 Å². The number of ether oxygens (including phenoxy) is 1. The van der Waals surface area contributed by atoms with Gasteiger partial charge in [-0.2, -0.15) is 0 Å². The van der Waals surface area contributed by atoms with Crippen LogP contribution >= 0.6 is 11.3 Å². The fourth-order valence-corrected chi connectivity index (χ4v) is 5.36. The molecule has 4 aromatic rings. The Morgan fingerprint density at radius 1 is 1.00 bits per heavy atom. The summed E-state index contributed by atoms with van der Waals surface area (Å²) in [6, 6.07) is 19.6. The molecule has 0 aliphatic carbocycles. The van der Waals surface area contributed by atoms with E-state index < -0.39 is 29.9 Å². The SMILES string of the molecule is CC(CCc1nc(C(=O)NN2CC[C@@H](NC(=O)c3ccc4ccccc4n3)C2=O)cs1)CNC(=O)OCc1ccccc1. The number of carbonyl (C=O) groups excluding carboxylic acids is 4. The summed E-state index contributed by atoms with van der Waals surface area (Å²) in [5.41, 5.74) is 4.66. The van der Waals surface area contributed by atoms with E-state index in [1.165, 1.54) is 16.3 Å². The molecule has 3 heterocycles. The Hall–Kier alpha value is -4.84. The molecule has 0 radical (unpaired) electrons. The van der Waals surface area contributed by atoms with Crippen molar-refractivity contribution in [3.8, 4) is 0 Å². The van der Waals surface area contributed by atoms with Crippen LogP contribution in [0.2, 0.25) is 0 Å². The molecule has 4 amide bonds. The number of amides is 4. The second-order valence-electron chi connectivity index (χ2n) is 10.3. The number of hydrogen-bond donors (Lipinski definition) is 3. The monoisotopic (exact) mass is 600 g/mol. The first-order valence-corrected chi connectivity index (χ1v) is 14.9. The molecule has 1 aliphatic rings. The number of pyridine rings is 1. The normalized spacial score (nSPS) is 15.2. The number of alkyl carbamates (subject to hydrolysis) is 1. The third-order valence-electron chi connectivity index (χ3n) is 7.02. The van der Waals surface area contributed by atoms with Gasteiger partial charge in [0.25, 0.3) is 17.7 Å². The van der Waals surface area contributed by atoms with Crippen molar-refractivity contribution in [3.63, 3.8) is 0 Å². The molecule has 1 fully saturated rings. The quantitative estimate of drug-likeness (QED) is 0.237. The van der Waals surface area contributed by atoms with Gasteiger partial charge in [-0.3, -0.25) is 24.8 Å². The summed E-state index contributed by atoms with van der Waals surface area (Å²) in [6.45, 7) is 2.95. The van der Waals surface area contributed by atoms with Crippen LogP contribution in [0.3, 0.4) is 0 Å². The van der Waals surface area contributed by atoms with Crippen LogP contribution in [0.4, 0.5) is 4.79 Å². The van der Waals surface area contributed by atoms with Crippen LogP contribution in [0.25, 0.3) is 10.9 Å². The molecule has 2 aromatic carbocycles. The molecule has 1 saturated heterocycles. The maximum absolute atomic E-state index is 12.9. The number of aryl methyl sites for hydroxylation is 1. The van der Waals surface area contributed by atoms with Crippen molar-refractivity contribution in [3.05, 3.63) is 94.1 Å². The maximum atomic E-state index is 12.9. The van der Waals surface area contributed by atoms with Crippen LogP contribution in [-0.2, 0) is 22.6 Å². The van der Waals surface area contributed by atoms with E-state index in [0.717, 1.165) is 22.4 Å². The van der Waals surface area contributed by atoms with Crippen LogP contribution in [0.1, 0.15) is 51.3 Å². The smallest absolute Gasteiger partial charge is 0.407 e. The Labute approximate surface area is 252 Å². The minimum atomic E-state index is -0.766. The van der Waals surface area contributed by atoms with Crippen LogP contribution in [0, 0.1) is 5.92 Å². The van der Waals surface area contributed by atoms with E-state index in [2.05, 4.69) is 26.0 Å². The molecule has 0 spiro atoms. The highest BCUT2D eigenvalue weighted by Gasteiger charge is 2.34. The Kier molecular flexibility index (Phi) is 9.57. The molecule has 0 bridgehead atoms. The lowest BCUT2D eigenvalue weighted by Crippen LogP contribution is -2.48. The Balaban J connectivity index is 1.03. The van der Waals surface area contributed by atoms with Gasteiger partial charge in [0.15, 0.2) is 0 Å². The minimum Gasteiger partial charge on any atom is -0.445 e.